The highest BCUT2D eigenvalue weighted by atomic mass is 16.5. The van der Waals surface area contributed by atoms with Crippen molar-refractivity contribution in [2.45, 2.75) is 19.3 Å². The Hall–Kier alpha value is -3.40. The number of aromatic hydroxyl groups is 1. The van der Waals surface area contributed by atoms with Crippen LogP contribution < -0.4 is 4.74 Å². The van der Waals surface area contributed by atoms with Gasteiger partial charge in [-0.15, -0.1) is 0 Å². The van der Waals surface area contributed by atoms with E-state index in [0.717, 1.165) is 12.8 Å². The zero-order valence-electron chi connectivity index (χ0n) is 15.6. The first-order valence-corrected chi connectivity index (χ1v) is 9.27. The van der Waals surface area contributed by atoms with Gasteiger partial charge in [-0.25, -0.2) is 0 Å². The maximum atomic E-state index is 13.1. The van der Waals surface area contributed by atoms with Gasteiger partial charge in [-0.3, -0.25) is 9.59 Å². The second kappa shape index (κ2) is 7.31. The third-order valence-electron chi connectivity index (χ3n) is 5.21. The fourth-order valence-corrected chi connectivity index (χ4v) is 3.78. The van der Waals surface area contributed by atoms with Gasteiger partial charge in [-0.1, -0.05) is 48.5 Å². The molecule has 1 aliphatic rings. The lowest BCUT2D eigenvalue weighted by molar-refractivity contribution is 0.0974. The molecule has 3 aromatic rings. The van der Waals surface area contributed by atoms with Gasteiger partial charge in [0, 0.05) is 11.1 Å². The zero-order chi connectivity index (χ0) is 19.7. The third kappa shape index (κ3) is 2.97. The lowest BCUT2D eigenvalue weighted by atomic mass is 9.81. The molecule has 0 atom stereocenters. The maximum Gasteiger partial charge on any atom is 0.201 e. The van der Waals surface area contributed by atoms with E-state index < -0.39 is 0 Å². The number of ether oxygens (including phenoxy) is 1. The van der Waals surface area contributed by atoms with Gasteiger partial charge >= 0.3 is 0 Å². The molecule has 0 aliphatic heterocycles. The summed E-state index contributed by atoms with van der Waals surface area (Å²) in [5.41, 5.74) is 2.76. The predicted molar refractivity (Wildman–Crippen MR) is 106 cm³/mol. The summed E-state index contributed by atoms with van der Waals surface area (Å²) in [5.74, 6) is -0.394. The number of aryl methyl sites for hydroxylation is 2. The highest BCUT2D eigenvalue weighted by molar-refractivity contribution is 6.30. The van der Waals surface area contributed by atoms with Crippen molar-refractivity contribution in [1.29, 1.82) is 0 Å². The number of ketones is 2. The van der Waals surface area contributed by atoms with E-state index in [-0.39, 0.29) is 34.0 Å². The van der Waals surface area contributed by atoms with Gasteiger partial charge in [-0.2, -0.15) is 0 Å². The minimum absolute atomic E-state index is 0.0826. The summed E-state index contributed by atoms with van der Waals surface area (Å²) in [6, 6.07) is 18.5. The molecule has 0 heterocycles. The average Bonchev–Trinajstić information content (AvgIpc) is 2.73. The number of rotatable bonds is 5. The molecule has 3 aromatic carbocycles. The molecular weight excluding hydrogens is 352 g/mol. The molecule has 0 aromatic heterocycles. The number of carbonyl (C=O) groups excluding carboxylic acids is 2. The van der Waals surface area contributed by atoms with Gasteiger partial charge in [0.15, 0.2) is 5.78 Å². The van der Waals surface area contributed by atoms with Crippen LogP contribution in [0.4, 0.5) is 0 Å². The van der Waals surface area contributed by atoms with Crippen LogP contribution in [0, 0.1) is 0 Å². The van der Waals surface area contributed by atoms with Crippen molar-refractivity contribution in [2.75, 3.05) is 7.11 Å². The molecule has 0 saturated carbocycles. The van der Waals surface area contributed by atoms with E-state index >= 15 is 0 Å². The van der Waals surface area contributed by atoms with E-state index in [1.807, 2.05) is 18.2 Å². The summed E-state index contributed by atoms with van der Waals surface area (Å²) in [6.45, 7) is 0. The first-order valence-electron chi connectivity index (χ1n) is 9.27. The minimum atomic E-state index is -0.371. The van der Waals surface area contributed by atoms with E-state index in [1.165, 1.54) is 12.7 Å². The summed E-state index contributed by atoms with van der Waals surface area (Å²) in [5, 5.41) is 10.8. The minimum Gasteiger partial charge on any atom is -0.507 e. The lowest BCUT2D eigenvalue weighted by Gasteiger charge is -2.21. The number of hydrogen-bond acceptors (Lipinski definition) is 4. The molecule has 4 rings (SSSR count). The molecule has 4 heteroatoms. The van der Waals surface area contributed by atoms with E-state index in [1.54, 1.807) is 30.3 Å². The van der Waals surface area contributed by atoms with Gasteiger partial charge in [0.25, 0.3) is 0 Å². The topological polar surface area (TPSA) is 63.6 Å². The molecule has 0 fully saturated rings. The Bertz CT molecular complexity index is 1070. The van der Waals surface area contributed by atoms with Crippen LogP contribution in [0.2, 0.25) is 0 Å². The van der Waals surface area contributed by atoms with Crippen LogP contribution in [-0.2, 0) is 12.8 Å². The van der Waals surface area contributed by atoms with Crippen molar-refractivity contribution >= 4 is 11.6 Å². The summed E-state index contributed by atoms with van der Waals surface area (Å²) in [6.07, 6.45) is 2.33. The standard InChI is InChI=1S/C24H20O4/c1-28-19-12-6-11-17-20(19)24(27)21-18(23(17)26)14-13-16(22(21)25)10-5-9-15-7-3-2-4-8-15/h2-4,6-8,11-14,25H,5,9-10H2,1H3. The molecule has 1 aliphatic carbocycles. The SMILES string of the molecule is COc1cccc2c1C(=O)c1c(ccc(CCCc3ccccc3)c1O)C2=O. The van der Waals surface area contributed by atoms with Gasteiger partial charge in [0.2, 0.25) is 5.78 Å². The first kappa shape index (κ1) is 18.0. The lowest BCUT2D eigenvalue weighted by Crippen LogP contribution is -2.22. The Morgan fingerprint density at radius 1 is 0.786 bits per heavy atom. The second-order valence-corrected chi connectivity index (χ2v) is 6.88. The molecule has 4 nitrogen and oxygen atoms in total. The number of benzene rings is 3. The summed E-state index contributed by atoms with van der Waals surface area (Å²) >= 11 is 0. The Kier molecular flexibility index (Phi) is 4.70. The molecule has 0 unspecified atom stereocenters. The molecular formula is C24H20O4. The van der Waals surface area contributed by atoms with Crippen molar-refractivity contribution in [1.82, 2.24) is 0 Å². The molecule has 0 bridgehead atoms. The van der Waals surface area contributed by atoms with Crippen molar-refractivity contribution in [3.8, 4) is 11.5 Å². The van der Waals surface area contributed by atoms with Crippen LogP contribution in [0.3, 0.4) is 0 Å². The van der Waals surface area contributed by atoms with Crippen LogP contribution in [-0.4, -0.2) is 23.8 Å². The van der Waals surface area contributed by atoms with Crippen LogP contribution in [0.25, 0.3) is 0 Å². The van der Waals surface area contributed by atoms with Gasteiger partial charge in [0.1, 0.15) is 11.5 Å². The van der Waals surface area contributed by atoms with E-state index in [9.17, 15) is 14.7 Å². The maximum absolute atomic E-state index is 13.1. The van der Waals surface area contributed by atoms with Gasteiger partial charge in [0.05, 0.1) is 18.2 Å². The number of methoxy groups -OCH3 is 1. The Balaban J connectivity index is 1.66. The summed E-state index contributed by atoms with van der Waals surface area (Å²) in [7, 11) is 1.46. The van der Waals surface area contributed by atoms with Crippen LogP contribution >= 0.6 is 0 Å². The van der Waals surface area contributed by atoms with Crippen LogP contribution in [0.1, 0.15) is 49.4 Å². The van der Waals surface area contributed by atoms with E-state index in [4.69, 9.17) is 4.74 Å². The van der Waals surface area contributed by atoms with Gasteiger partial charge in [-0.05, 0) is 42.5 Å². The predicted octanol–water partition coefficient (Wildman–Crippen LogP) is 4.35. The highest BCUT2D eigenvalue weighted by Crippen LogP contribution is 2.38. The van der Waals surface area contributed by atoms with Crippen LogP contribution in [0.5, 0.6) is 11.5 Å². The third-order valence-corrected chi connectivity index (χ3v) is 5.21. The van der Waals surface area contributed by atoms with Crippen LogP contribution in [0.15, 0.2) is 60.7 Å². The fraction of sp³-hybridized carbons (Fsp3) is 0.167. The molecule has 28 heavy (non-hydrogen) atoms. The number of carbonyl (C=O) groups is 2. The first-order chi connectivity index (χ1) is 13.6. The molecule has 0 amide bonds. The smallest absolute Gasteiger partial charge is 0.201 e. The molecule has 0 saturated heterocycles. The number of phenols is 1. The van der Waals surface area contributed by atoms with E-state index in [0.29, 0.717) is 23.3 Å². The summed E-state index contributed by atoms with van der Waals surface area (Å²) in [4.78, 5) is 26.0. The number of phenolic OH excluding ortho intramolecular Hbond substituents is 1. The van der Waals surface area contributed by atoms with Crippen molar-refractivity contribution in [2.24, 2.45) is 0 Å². The molecule has 1 N–H and O–H groups in total. The monoisotopic (exact) mass is 372 g/mol. The highest BCUT2D eigenvalue weighted by Gasteiger charge is 2.35. The quantitative estimate of drug-likeness (QED) is 0.566. The van der Waals surface area contributed by atoms with Gasteiger partial charge < -0.3 is 9.84 Å². The number of hydrogen-bond donors (Lipinski definition) is 1. The fourth-order valence-electron chi connectivity index (χ4n) is 3.78. The van der Waals surface area contributed by atoms with Crippen molar-refractivity contribution in [3.05, 3.63) is 94.0 Å². The number of fused-ring (bicyclic) bond motifs is 2. The second-order valence-electron chi connectivity index (χ2n) is 6.88. The summed E-state index contributed by atoms with van der Waals surface area (Å²) < 4.78 is 5.28. The zero-order valence-corrected chi connectivity index (χ0v) is 15.6. The molecule has 140 valence electrons. The van der Waals surface area contributed by atoms with Crippen molar-refractivity contribution < 1.29 is 19.4 Å². The Morgan fingerprint density at radius 3 is 2.29 bits per heavy atom. The largest absolute Gasteiger partial charge is 0.507 e. The average molecular weight is 372 g/mol. The Morgan fingerprint density at radius 2 is 1.54 bits per heavy atom. The normalized spacial score (nSPS) is 12.5. The Labute approximate surface area is 163 Å². The van der Waals surface area contributed by atoms with E-state index in [2.05, 4.69) is 12.1 Å². The van der Waals surface area contributed by atoms with Crippen molar-refractivity contribution in [3.63, 3.8) is 0 Å². The molecule has 0 spiro atoms. The molecule has 0 radical (unpaired) electrons.